The largest absolute Gasteiger partial charge is 0.326 e. The number of nitrogens with zero attached hydrogens (tertiary/aromatic N) is 1. The standard InChI is InChI=1S/C13H17FN2O2S/c1-10-7-12(8-11(9-15)13(10)14)19(17,18)16-5-3-2-4-6-16/h2-3,7-8H,4-6,9,15H2,1H3. The van der Waals surface area contributed by atoms with E-state index in [1.165, 1.54) is 16.4 Å². The number of hydrogen-bond acceptors (Lipinski definition) is 3. The number of sulfonamides is 1. The van der Waals surface area contributed by atoms with Crippen LogP contribution in [0.5, 0.6) is 0 Å². The molecule has 1 aromatic carbocycles. The van der Waals surface area contributed by atoms with Crippen LogP contribution in [-0.4, -0.2) is 25.8 Å². The number of nitrogens with two attached hydrogens (primary N) is 1. The Bertz CT molecular complexity index is 611. The van der Waals surface area contributed by atoms with Gasteiger partial charge >= 0.3 is 0 Å². The van der Waals surface area contributed by atoms with Gasteiger partial charge in [-0.15, -0.1) is 0 Å². The molecule has 0 atom stereocenters. The Kier molecular flexibility index (Phi) is 4.03. The fourth-order valence-corrected chi connectivity index (χ4v) is 3.63. The minimum absolute atomic E-state index is 0.0179. The molecule has 0 saturated heterocycles. The van der Waals surface area contributed by atoms with E-state index in [4.69, 9.17) is 5.73 Å². The van der Waals surface area contributed by atoms with E-state index in [-0.39, 0.29) is 17.0 Å². The van der Waals surface area contributed by atoms with Crippen molar-refractivity contribution in [2.45, 2.75) is 24.8 Å². The highest BCUT2D eigenvalue weighted by Crippen LogP contribution is 2.23. The molecule has 2 N–H and O–H groups in total. The summed E-state index contributed by atoms with van der Waals surface area (Å²) in [6.07, 6.45) is 4.47. The van der Waals surface area contributed by atoms with Crippen molar-refractivity contribution < 1.29 is 12.8 Å². The molecule has 1 heterocycles. The van der Waals surface area contributed by atoms with E-state index in [9.17, 15) is 12.8 Å². The monoisotopic (exact) mass is 284 g/mol. The van der Waals surface area contributed by atoms with Gasteiger partial charge in [0, 0.05) is 25.2 Å². The number of aryl methyl sites for hydroxylation is 1. The number of halogens is 1. The zero-order valence-corrected chi connectivity index (χ0v) is 11.6. The third kappa shape index (κ3) is 2.70. The molecule has 0 radical (unpaired) electrons. The van der Waals surface area contributed by atoms with Crippen LogP contribution < -0.4 is 5.73 Å². The molecule has 0 aromatic heterocycles. The second-order valence-corrected chi connectivity index (χ2v) is 6.48. The molecule has 1 aliphatic rings. The fraction of sp³-hybridized carbons (Fsp3) is 0.385. The van der Waals surface area contributed by atoms with E-state index >= 15 is 0 Å². The summed E-state index contributed by atoms with van der Waals surface area (Å²) in [7, 11) is -3.57. The predicted molar refractivity (Wildman–Crippen MR) is 71.5 cm³/mol. The summed E-state index contributed by atoms with van der Waals surface area (Å²) >= 11 is 0. The second kappa shape index (κ2) is 5.40. The lowest BCUT2D eigenvalue weighted by Gasteiger charge is -2.23. The van der Waals surface area contributed by atoms with Crippen molar-refractivity contribution in [3.63, 3.8) is 0 Å². The second-order valence-electron chi connectivity index (χ2n) is 4.54. The van der Waals surface area contributed by atoms with E-state index in [2.05, 4.69) is 0 Å². The summed E-state index contributed by atoms with van der Waals surface area (Å²) in [6, 6.07) is 2.69. The topological polar surface area (TPSA) is 63.4 Å². The van der Waals surface area contributed by atoms with Crippen LogP contribution in [-0.2, 0) is 16.6 Å². The van der Waals surface area contributed by atoms with Gasteiger partial charge in [0.05, 0.1) is 4.90 Å². The van der Waals surface area contributed by atoms with Gasteiger partial charge in [0.15, 0.2) is 0 Å². The van der Waals surface area contributed by atoms with E-state index in [1.807, 2.05) is 12.2 Å². The summed E-state index contributed by atoms with van der Waals surface area (Å²) in [5, 5.41) is 0. The van der Waals surface area contributed by atoms with Crippen LogP contribution in [0.4, 0.5) is 4.39 Å². The first kappa shape index (κ1) is 14.2. The van der Waals surface area contributed by atoms with E-state index in [1.54, 1.807) is 6.92 Å². The van der Waals surface area contributed by atoms with Gasteiger partial charge < -0.3 is 5.73 Å². The lowest BCUT2D eigenvalue weighted by molar-refractivity contribution is 0.437. The zero-order valence-electron chi connectivity index (χ0n) is 10.8. The molecule has 0 spiro atoms. The maximum absolute atomic E-state index is 13.7. The zero-order chi connectivity index (χ0) is 14.0. The van der Waals surface area contributed by atoms with E-state index in [0.29, 0.717) is 25.1 Å². The van der Waals surface area contributed by atoms with E-state index < -0.39 is 15.8 Å². The molecule has 6 heteroatoms. The molecule has 0 unspecified atom stereocenters. The van der Waals surface area contributed by atoms with Gasteiger partial charge in [0.25, 0.3) is 0 Å². The highest BCUT2D eigenvalue weighted by atomic mass is 32.2. The van der Waals surface area contributed by atoms with Crippen molar-refractivity contribution in [2.24, 2.45) is 5.73 Å². The predicted octanol–water partition coefficient (Wildman–Crippen LogP) is 1.54. The van der Waals surface area contributed by atoms with Crippen LogP contribution in [0.1, 0.15) is 17.5 Å². The van der Waals surface area contributed by atoms with Crippen molar-refractivity contribution in [3.05, 3.63) is 41.2 Å². The van der Waals surface area contributed by atoms with Gasteiger partial charge in [-0.2, -0.15) is 4.31 Å². The third-order valence-electron chi connectivity index (χ3n) is 3.18. The van der Waals surface area contributed by atoms with Gasteiger partial charge in [-0.25, -0.2) is 12.8 Å². The Morgan fingerprint density at radius 3 is 2.68 bits per heavy atom. The molecule has 104 valence electrons. The first-order valence-corrected chi connectivity index (χ1v) is 7.55. The molecule has 4 nitrogen and oxygen atoms in total. The highest BCUT2D eigenvalue weighted by Gasteiger charge is 2.25. The maximum atomic E-state index is 13.7. The normalized spacial score (nSPS) is 16.8. The van der Waals surface area contributed by atoms with Crippen molar-refractivity contribution in [3.8, 4) is 0 Å². The molecule has 0 amide bonds. The van der Waals surface area contributed by atoms with Crippen molar-refractivity contribution in [1.82, 2.24) is 4.31 Å². The van der Waals surface area contributed by atoms with Gasteiger partial charge in [0.2, 0.25) is 10.0 Å². The minimum Gasteiger partial charge on any atom is -0.326 e. The average molecular weight is 284 g/mol. The quantitative estimate of drug-likeness (QED) is 0.856. The first-order valence-electron chi connectivity index (χ1n) is 6.11. The number of rotatable bonds is 3. The van der Waals surface area contributed by atoms with Gasteiger partial charge in [-0.05, 0) is 31.0 Å². The van der Waals surface area contributed by atoms with Crippen molar-refractivity contribution in [1.29, 1.82) is 0 Å². The summed E-state index contributed by atoms with van der Waals surface area (Å²) in [5.41, 5.74) is 5.98. The smallest absolute Gasteiger partial charge is 0.243 e. The summed E-state index contributed by atoms with van der Waals surface area (Å²) < 4.78 is 40.0. The summed E-state index contributed by atoms with van der Waals surface area (Å²) in [4.78, 5) is 0.113. The summed E-state index contributed by atoms with van der Waals surface area (Å²) in [6.45, 7) is 2.34. The SMILES string of the molecule is Cc1cc(S(=O)(=O)N2CC=CCC2)cc(CN)c1F. The first-order chi connectivity index (χ1) is 8.96. The van der Waals surface area contributed by atoms with Crippen LogP contribution in [0.3, 0.4) is 0 Å². The van der Waals surface area contributed by atoms with Crippen molar-refractivity contribution >= 4 is 10.0 Å². The van der Waals surface area contributed by atoms with Crippen molar-refractivity contribution in [2.75, 3.05) is 13.1 Å². The van der Waals surface area contributed by atoms with Crippen LogP contribution in [0, 0.1) is 12.7 Å². The van der Waals surface area contributed by atoms with Crippen LogP contribution >= 0.6 is 0 Å². The third-order valence-corrected chi connectivity index (χ3v) is 5.02. The van der Waals surface area contributed by atoms with Crippen LogP contribution in [0.2, 0.25) is 0 Å². The lowest BCUT2D eigenvalue weighted by atomic mass is 10.1. The number of hydrogen-bond donors (Lipinski definition) is 1. The Morgan fingerprint density at radius 2 is 2.11 bits per heavy atom. The Labute approximate surface area is 112 Å². The van der Waals surface area contributed by atoms with Gasteiger partial charge in [0.1, 0.15) is 5.82 Å². The molecule has 0 saturated carbocycles. The molecule has 1 aliphatic heterocycles. The van der Waals surface area contributed by atoms with Gasteiger partial charge in [-0.3, -0.25) is 0 Å². The molecule has 2 rings (SSSR count). The molecular weight excluding hydrogens is 267 g/mol. The Morgan fingerprint density at radius 1 is 1.37 bits per heavy atom. The minimum atomic E-state index is -3.57. The van der Waals surface area contributed by atoms with Crippen LogP contribution in [0.15, 0.2) is 29.2 Å². The molecule has 0 aliphatic carbocycles. The highest BCUT2D eigenvalue weighted by molar-refractivity contribution is 7.89. The Hall–Kier alpha value is -1.24. The molecule has 0 fully saturated rings. The average Bonchev–Trinajstić information content (AvgIpc) is 2.42. The molecule has 1 aromatic rings. The van der Waals surface area contributed by atoms with Gasteiger partial charge in [-0.1, -0.05) is 12.2 Å². The Balaban J connectivity index is 2.46. The molecular formula is C13H17FN2O2S. The van der Waals surface area contributed by atoms with E-state index in [0.717, 1.165) is 0 Å². The lowest BCUT2D eigenvalue weighted by Crippen LogP contribution is -2.34. The summed E-state index contributed by atoms with van der Waals surface area (Å²) in [5.74, 6) is -0.431. The van der Waals surface area contributed by atoms with Crippen LogP contribution in [0.25, 0.3) is 0 Å². The maximum Gasteiger partial charge on any atom is 0.243 e. The molecule has 0 bridgehead atoms. The fourth-order valence-electron chi connectivity index (χ4n) is 2.09. The number of benzene rings is 1. The molecule has 19 heavy (non-hydrogen) atoms.